The monoisotopic (exact) mass is 187 g/mol. The van der Waals surface area contributed by atoms with Gasteiger partial charge in [0.25, 0.3) is 0 Å². The van der Waals surface area contributed by atoms with Crippen molar-refractivity contribution in [3.63, 3.8) is 0 Å². The third-order valence-corrected chi connectivity index (χ3v) is 2.44. The summed E-state index contributed by atoms with van der Waals surface area (Å²) in [7, 11) is 0. The number of rotatable bonds is 3. The smallest absolute Gasteiger partial charge is 0.334 e. The summed E-state index contributed by atoms with van der Waals surface area (Å²) in [4.78, 5) is 11.0. The fourth-order valence-corrected chi connectivity index (χ4v) is 1.55. The molecule has 1 heterocycles. The molecule has 12 heavy (non-hydrogen) atoms. The molecule has 0 bridgehead atoms. The number of thiophene rings is 1. The minimum Gasteiger partial charge on any atom is -0.479 e. The summed E-state index contributed by atoms with van der Waals surface area (Å²) in [5, 5.41) is 19.3. The van der Waals surface area contributed by atoms with E-state index in [-0.39, 0.29) is 0 Å². The van der Waals surface area contributed by atoms with E-state index >= 15 is 0 Å². The molecule has 0 saturated heterocycles. The van der Waals surface area contributed by atoms with Gasteiger partial charge in [0.1, 0.15) is 0 Å². The Labute approximate surface area is 73.3 Å². The van der Waals surface area contributed by atoms with Crippen molar-refractivity contribution in [1.29, 1.82) is 0 Å². The van der Waals surface area contributed by atoms with Gasteiger partial charge in [0.15, 0.2) is 6.10 Å². The molecule has 5 heteroatoms. The number of hydrogen-bond acceptors (Lipinski definition) is 4. The fourth-order valence-electron chi connectivity index (χ4n) is 0.790. The first-order valence-corrected chi connectivity index (χ1v) is 4.20. The maximum absolute atomic E-state index is 10.3. The Morgan fingerprint density at radius 3 is 2.75 bits per heavy atom. The third-order valence-electron chi connectivity index (χ3n) is 1.46. The molecule has 0 fully saturated rings. The van der Waals surface area contributed by atoms with Crippen molar-refractivity contribution in [2.45, 2.75) is 12.1 Å². The molecule has 0 aliphatic rings. The molecule has 0 unspecified atom stereocenters. The number of nitrogens with two attached hydrogens (primary N) is 1. The Morgan fingerprint density at radius 2 is 2.33 bits per heavy atom. The summed E-state index contributed by atoms with van der Waals surface area (Å²) >= 11 is 1.33. The first-order chi connectivity index (χ1) is 5.63. The second-order valence-corrected chi connectivity index (χ2v) is 3.30. The number of carboxylic acid groups (broad SMARTS) is 1. The van der Waals surface area contributed by atoms with Crippen LogP contribution in [-0.4, -0.2) is 22.3 Å². The number of aliphatic carboxylic acids is 1. The number of aliphatic hydroxyl groups is 1. The van der Waals surface area contributed by atoms with Gasteiger partial charge in [-0.1, -0.05) is 6.07 Å². The van der Waals surface area contributed by atoms with Crippen LogP contribution in [0.4, 0.5) is 0 Å². The maximum Gasteiger partial charge on any atom is 0.334 e. The van der Waals surface area contributed by atoms with E-state index in [9.17, 15) is 4.79 Å². The molecule has 4 N–H and O–H groups in total. The van der Waals surface area contributed by atoms with E-state index in [4.69, 9.17) is 15.9 Å². The average molecular weight is 187 g/mol. The van der Waals surface area contributed by atoms with Crippen LogP contribution in [0.5, 0.6) is 0 Å². The summed E-state index contributed by atoms with van der Waals surface area (Å²) in [5.74, 6) is -1.30. The second kappa shape index (κ2) is 3.66. The van der Waals surface area contributed by atoms with Crippen LogP contribution >= 0.6 is 11.3 Å². The third kappa shape index (κ3) is 1.82. The van der Waals surface area contributed by atoms with Crippen molar-refractivity contribution >= 4 is 17.3 Å². The van der Waals surface area contributed by atoms with E-state index in [1.165, 1.54) is 11.3 Å². The van der Waals surface area contributed by atoms with Gasteiger partial charge in [-0.15, -0.1) is 11.3 Å². The minimum atomic E-state index is -1.52. The normalized spacial score (nSPS) is 15.5. The Hall–Kier alpha value is -0.910. The molecule has 66 valence electrons. The summed E-state index contributed by atoms with van der Waals surface area (Å²) in [6.45, 7) is 0. The summed E-state index contributed by atoms with van der Waals surface area (Å²) in [5.41, 5.74) is 5.46. The second-order valence-electron chi connectivity index (χ2n) is 2.32. The van der Waals surface area contributed by atoms with Crippen LogP contribution in [-0.2, 0) is 4.79 Å². The maximum atomic E-state index is 10.3. The molecule has 2 atom stereocenters. The lowest BCUT2D eigenvalue weighted by Crippen LogP contribution is -2.32. The van der Waals surface area contributed by atoms with Crippen LogP contribution in [0.2, 0.25) is 0 Å². The molecule has 4 nitrogen and oxygen atoms in total. The van der Waals surface area contributed by atoms with Crippen LogP contribution in [0, 0.1) is 0 Å². The van der Waals surface area contributed by atoms with Gasteiger partial charge in [-0.05, 0) is 11.4 Å². The van der Waals surface area contributed by atoms with E-state index < -0.39 is 18.1 Å². The van der Waals surface area contributed by atoms with Crippen molar-refractivity contribution in [2.75, 3.05) is 0 Å². The van der Waals surface area contributed by atoms with Crippen molar-refractivity contribution in [2.24, 2.45) is 5.73 Å². The van der Waals surface area contributed by atoms with Crippen LogP contribution in [0.3, 0.4) is 0 Å². The van der Waals surface area contributed by atoms with Gasteiger partial charge >= 0.3 is 5.97 Å². The summed E-state index contributed by atoms with van der Waals surface area (Å²) in [6, 6.07) is 2.62. The van der Waals surface area contributed by atoms with Crippen molar-refractivity contribution in [1.82, 2.24) is 0 Å². The standard InChI is InChI=1S/C7H9NO3S/c8-5(6(9)7(10)11)4-2-1-3-12-4/h1-3,5-6,9H,8H2,(H,10,11)/t5-,6-/m0/s1. The molecular weight excluding hydrogens is 178 g/mol. The number of carboxylic acids is 1. The number of aliphatic hydroxyl groups excluding tert-OH is 1. The fraction of sp³-hybridized carbons (Fsp3) is 0.286. The molecule has 1 aromatic rings. The van der Waals surface area contributed by atoms with Crippen LogP contribution in [0.25, 0.3) is 0 Å². The zero-order valence-electron chi connectivity index (χ0n) is 6.18. The van der Waals surface area contributed by atoms with E-state index in [0.717, 1.165) is 0 Å². The highest BCUT2D eigenvalue weighted by Crippen LogP contribution is 2.19. The van der Waals surface area contributed by atoms with Gasteiger partial charge in [0.05, 0.1) is 6.04 Å². The van der Waals surface area contributed by atoms with E-state index in [1.54, 1.807) is 17.5 Å². The van der Waals surface area contributed by atoms with E-state index in [0.29, 0.717) is 4.88 Å². The SMILES string of the molecule is N[C@@H](c1cccs1)[C@H](O)C(=O)O. The molecule has 0 saturated carbocycles. The van der Waals surface area contributed by atoms with E-state index in [1.807, 2.05) is 0 Å². The van der Waals surface area contributed by atoms with Gasteiger partial charge < -0.3 is 15.9 Å². The summed E-state index contributed by atoms with van der Waals surface area (Å²) < 4.78 is 0. The molecule has 0 aliphatic heterocycles. The predicted octanol–water partition coefficient (Wildman–Crippen LogP) is 0.193. The lowest BCUT2D eigenvalue weighted by molar-refractivity contribution is -0.147. The van der Waals surface area contributed by atoms with Gasteiger partial charge in [-0.25, -0.2) is 4.79 Å². The topological polar surface area (TPSA) is 83.5 Å². The zero-order chi connectivity index (χ0) is 9.14. The largest absolute Gasteiger partial charge is 0.479 e. The molecule has 1 rings (SSSR count). The lowest BCUT2D eigenvalue weighted by atomic mass is 10.1. The van der Waals surface area contributed by atoms with Crippen molar-refractivity contribution < 1.29 is 15.0 Å². The van der Waals surface area contributed by atoms with Crippen LogP contribution in [0.1, 0.15) is 10.9 Å². The average Bonchev–Trinajstić information content (AvgIpc) is 2.53. The van der Waals surface area contributed by atoms with Crippen molar-refractivity contribution in [3.8, 4) is 0 Å². The minimum absolute atomic E-state index is 0.671. The number of carbonyl (C=O) groups is 1. The lowest BCUT2D eigenvalue weighted by Gasteiger charge is -2.12. The number of hydrogen-bond donors (Lipinski definition) is 3. The Balaban J connectivity index is 2.71. The zero-order valence-corrected chi connectivity index (χ0v) is 6.99. The Bertz CT molecular complexity index is 260. The highest BCUT2D eigenvalue weighted by Gasteiger charge is 2.23. The molecule has 0 spiro atoms. The highest BCUT2D eigenvalue weighted by atomic mass is 32.1. The van der Waals surface area contributed by atoms with Crippen LogP contribution in [0.15, 0.2) is 17.5 Å². The van der Waals surface area contributed by atoms with Gasteiger partial charge in [0.2, 0.25) is 0 Å². The molecule has 1 aromatic heterocycles. The molecule has 0 aromatic carbocycles. The quantitative estimate of drug-likeness (QED) is 0.631. The first-order valence-electron chi connectivity index (χ1n) is 3.33. The molecule has 0 amide bonds. The molecule has 0 radical (unpaired) electrons. The van der Waals surface area contributed by atoms with Gasteiger partial charge in [0, 0.05) is 4.88 Å². The molecular formula is C7H9NO3S. The van der Waals surface area contributed by atoms with Crippen molar-refractivity contribution in [3.05, 3.63) is 22.4 Å². The Morgan fingerprint density at radius 1 is 1.67 bits per heavy atom. The first kappa shape index (κ1) is 9.18. The van der Waals surface area contributed by atoms with Gasteiger partial charge in [-0.2, -0.15) is 0 Å². The molecule has 0 aliphatic carbocycles. The van der Waals surface area contributed by atoms with Crippen LogP contribution < -0.4 is 5.73 Å². The Kier molecular flexibility index (Phi) is 2.80. The predicted molar refractivity (Wildman–Crippen MR) is 44.9 cm³/mol. The highest BCUT2D eigenvalue weighted by molar-refractivity contribution is 7.10. The summed E-state index contributed by atoms with van der Waals surface area (Å²) in [6.07, 6.45) is -1.52. The van der Waals surface area contributed by atoms with E-state index in [2.05, 4.69) is 0 Å². The van der Waals surface area contributed by atoms with Gasteiger partial charge in [-0.3, -0.25) is 0 Å².